The Bertz CT molecular complexity index is 2530. The Morgan fingerprint density at radius 1 is 0.397 bits per heavy atom. The monoisotopic (exact) mass is 1020 g/mol. The highest BCUT2D eigenvalue weighted by Crippen LogP contribution is 2.49. The van der Waals surface area contributed by atoms with E-state index in [2.05, 4.69) is 0 Å². The van der Waals surface area contributed by atoms with Crippen LogP contribution in [0, 0.1) is 47.3 Å². The number of rotatable bonds is 19. The summed E-state index contributed by atoms with van der Waals surface area (Å²) < 4.78 is 58.6. The molecular formula is C54H66O19. The summed E-state index contributed by atoms with van der Waals surface area (Å²) in [6.07, 6.45) is -3.31. The molecule has 1 heterocycles. The van der Waals surface area contributed by atoms with Gasteiger partial charge in [0, 0.05) is 29.7 Å². The summed E-state index contributed by atoms with van der Waals surface area (Å²) in [5.41, 5.74) is -0.226. The lowest BCUT2D eigenvalue weighted by Crippen LogP contribution is -2.35. The summed E-state index contributed by atoms with van der Waals surface area (Å²) in [4.78, 5) is 120. The van der Waals surface area contributed by atoms with Crippen LogP contribution in [0.5, 0.6) is 51.7 Å². The van der Waals surface area contributed by atoms with Crippen molar-refractivity contribution < 1.29 is 90.5 Å². The third-order valence-corrected chi connectivity index (χ3v) is 10.5. The molecule has 0 amide bonds. The van der Waals surface area contributed by atoms with Crippen LogP contribution < -0.4 is 42.6 Å². The van der Waals surface area contributed by atoms with Crippen molar-refractivity contribution in [2.24, 2.45) is 47.3 Å². The molecule has 0 saturated carbocycles. The molecule has 0 spiro atoms. The summed E-state index contributed by atoms with van der Waals surface area (Å²) in [6, 6.07) is 7.29. The molecule has 0 unspecified atom stereocenters. The highest BCUT2D eigenvalue weighted by atomic mass is 16.6. The van der Waals surface area contributed by atoms with Crippen molar-refractivity contribution in [1.82, 2.24) is 0 Å². The molecule has 0 N–H and O–H groups in total. The van der Waals surface area contributed by atoms with Gasteiger partial charge >= 0.3 is 53.7 Å². The number of hydrogen-bond acceptors (Lipinski definition) is 19. The van der Waals surface area contributed by atoms with Gasteiger partial charge in [-0.05, 0) is 24.3 Å². The number of carbonyl (C=O) groups is 9. The zero-order valence-electron chi connectivity index (χ0n) is 44.2. The minimum Gasteiger partial charge on any atom is -0.481 e. The zero-order valence-corrected chi connectivity index (χ0v) is 44.2. The van der Waals surface area contributed by atoms with Crippen molar-refractivity contribution in [3.05, 3.63) is 53.1 Å². The number of esters is 9. The van der Waals surface area contributed by atoms with Crippen molar-refractivity contribution in [3.8, 4) is 51.7 Å². The number of hydrogen-bond donors (Lipinski definition) is 0. The van der Waals surface area contributed by atoms with E-state index in [1.54, 1.807) is 83.1 Å². The Labute approximate surface area is 424 Å². The maximum absolute atomic E-state index is 14.8. The van der Waals surface area contributed by atoms with Crippen LogP contribution in [-0.4, -0.2) is 59.8 Å². The maximum atomic E-state index is 14.8. The van der Waals surface area contributed by atoms with Gasteiger partial charge in [0.05, 0.1) is 52.9 Å². The van der Waals surface area contributed by atoms with Gasteiger partial charge < -0.3 is 47.4 Å². The third-order valence-electron chi connectivity index (χ3n) is 10.5. The molecule has 396 valence electrons. The smallest absolute Gasteiger partial charge is 0.338 e. The Balaban J connectivity index is 2.10. The summed E-state index contributed by atoms with van der Waals surface area (Å²) in [5.74, 6) is -15.6. The minimum absolute atomic E-state index is 0.00487. The van der Waals surface area contributed by atoms with Crippen molar-refractivity contribution in [1.29, 1.82) is 0 Å². The van der Waals surface area contributed by atoms with E-state index in [0.717, 1.165) is 12.1 Å². The van der Waals surface area contributed by atoms with Crippen molar-refractivity contribution >= 4 is 53.7 Å². The van der Waals surface area contributed by atoms with Crippen LogP contribution in [0.15, 0.2) is 36.4 Å². The van der Waals surface area contributed by atoms with Crippen molar-refractivity contribution in [3.63, 3.8) is 0 Å². The lowest BCUT2D eigenvalue weighted by Gasteiger charge is -2.35. The van der Waals surface area contributed by atoms with Crippen LogP contribution in [0.25, 0.3) is 0 Å². The molecule has 19 heteroatoms. The predicted molar refractivity (Wildman–Crippen MR) is 259 cm³/mol. The molecule has 0 aliphatic carbocycles. The molecule has 3 aromatic rings. The molecule has 0 saturated heterocycles. The first kappa shape index (κ1) is 58.3. The molecule has 19 nitrogen and oxygen atoms in total. The Kier molecular flexibility index (Phi) is 19.9. The second-order valence-electron chi connectivity index (χ2n) is 19.8. The first-order chi connectivity index (χ1) is 34.0. The summed E-state index contributed by atoms with van der Waals surface area (Å²) in [6.45, 7) is 25.0. The first-order valence-electron chi connectivity index (χ1n) is 24.1. The maximum Gasteiger partial charge on any atom is 0.338 e. The topological polar surface area (TPSA) is 246 Å². The number of carbonyl (C=O) groups excluding carboxylic acids is 9. The van der Waals surface area contributed by atoms with Gasteiger partial charge in [-0.1, -0.05) is 111 Å². The van der Waals surface area contributed by atoms with Gasteiger partial charge in [0.25, 0.3) is 0 Å². The molecular weight excluding hydrogens is 953 g/mol. The van der Waals surface area contributed by atoms with Crippen LogP contribution in [0.2, 0.25) is 0 Å². The quantitative estimate of drug-likeness (QED) is 0.0802. The molecule has 3 aromatic carbocycles. The van der Waals surface area contributed by atoms with Crippen LogP contribution in [0.4, 0.5) is 0 Å². The van der Waals surface area contributed by atoms with Crippen molar-refractivity contribution in [2.45, 2.75) is 129 Å². The average Bonchev–Trinajstić information content (AvgIpc) is 3.29. The average molecular weight is 1020 g/mol. The van der Waals surface area contributed by atoms with Crippen LogP contribution in [-0.2, 0) is 49.5 Å². The highest BCUT2D eigenvalue weighted by Gasteiger charge is 2.40. The lowest BCUT2D eigenvalue weighted by atomic mass is 9.93. The highest BCUT2D eigenvalue weighted by molar-refractivity contribution is 5.93. The molecule has 4 rings (SSSR count). The Hall–Kier alpha value is -7.31. The van der Waals surface area contributed by atoms with Crippen LogP contribution in [0.1, 0.15) is 138 Å². The molecule has 1 aliphatic heterocycles. The summed E-state index contributed by atoms with van der Waals surface area (Å²) >= 11 is 0. The standard InChI is InChI=1S/C54H66O19/c1-24(2)46(55)64-34-21-36-35(37(22-34)66-47(56)25(3)4)23-42(43(65-36)32-17-38(67-48(57)26(5)6)44(72-52(61)30(13)14)39(18-32)68-49(58)27(7)8)71-54(63)33-19-40(69-50(59)28(9)10)45(73-53(62)31(15)16)41(20-33)70-51(60)29(11)12/h17-22,24-31,42-43H,23H2,1-16H3/t42-,43-/m1/s1. The number of fused-ring (bicyclic) bond motifs is 1. The number of ether oxygens (including phenoxy) is 10. The molecule has 0 fully saturated rings. The van der Waals surface area contributed by atoms with Gasteiger partial charge in [-0.15, -0.1) is 0 Å². The fourth-order valence-electron chi connectivity index (χ4n) is 5.93. The molecule has 2 atom stereocenters. The lowest BCUT2D eigenvalue weighted by molar-refractivity contribution is -0.141. The van der Waals surface area contributed by atoms with E-state index in [-0.39, 0.29) is 51.9 Å². The van der Waals surface area contributed by atoms with E-state index in [9.17, 15) is 43.2 Å². The van der Waals surface area contributed by atoms with E-state index in [4.69, 9.17) is 47.4 Å². The molecule has 0 aromatic heterocycles. The van der Waals surface area contributed by atoms with Gasteiger partial charge in [0.1, 0.15) is 23.4 Å². The Morgan fingerprint density at radius 3 is 1.07 bits per heavy atom. The third kappa shape index (κ3) is 15.4. The van der Waals surface area contributed by atoms with Gasteiger partial charge in [-0.25, -0.2) is 4.79 Å². The van der Waals surface area contributed by atoms with Gasteiger partial charge in [0.2, 0.25) is 11.5 Å². The van der Waals surface area contributed by atoms with Crippen LogP contribution in [0.3, 0.4) is 0 Å². The molecule has 0 radical (unpaired) electrons. The SMILES string of the molecule is CC(C)C(=O)Oc1cc(OC(=O)C(C)C)c2c(c1)O[C@H](c1cc(OC(=O)C(C)C)c(OC(=O)C(C)C)c(OC(=O)C(C)C)c1)[C@H](OC(=O)c1cc(OC(=O)C(C)C)c(OC(=O)C(C)C)c(OC(=O)C(C)C)c1)C2. The summed E-state index contributed by atoms with van der Waals surface area (Å²) in [5, 5.41) is 0. The zero-order chi connectivity index (χ0) is 54.9. The Morgan fingerprint density at radius 2 is 0.712 bits per heavy atom. The predicted octanol–water partition coefficient (Wildman–Crippen LogP) is 9.08. The van der Waals surface area contributed by atoms with E-state index in [1.807, 2.05) is 0 Å². The van der Waals surface area contributed by atoms with E-state index < -0.39 is 136 Å². The first-order valence-corrected chi connectivity index (χ1v) is 24.1. The van der Waals surface area contributed by atoms with Crippen LogP contribution >= 0.6 is 0 Å². The van der Waals surface area contributed by atoms with Gasteiger partial charge in [-0.3, -0.25) is 38.4 Å². The number of benzene rings is 3. The fraction of sp³-hybridized carbons (Fsp3) is 0.500. The van der Waals surface area contributed by atoms with E-state index >= 15 is 0 Å². The van der Waals surface area contributed by atoms with Crippen molar-refractivity contribution in [2.75, 3.05) is 0 Å². The summed E-state index contributed by atoms with van der Waals surface area (Å²) in [7, 11) is 0. The molecule has 73 heavy (non-hydrogen) atoms. The van der Waals surface area contributed by atoms with Gasteiger partial charge in [-0.2, -0.15) is 0 Å². The van der Waals surface area contributed by atoms with E-state index in [0.29, 0.717) is 0 Å². The molecule has 1 aliphatic rings. The minimum atomic E-state index is -1.49. The largest absolute Gasteiger partial charge is 0.481 e. The van der Waals surface area contributed by atoms with Gasteiger partial charge in [0.15, 0.2) is 29.1 Å². The molecule has 0 bridgehead atoms. The normalized spacial score (nSPS) is 14.2. The fourth-order valence-corrected chi connectivity index (χ4v) is 5.93. The second-order valence-corrected chi connectivity index (χ2v) is 19.8. The second kappa shape index (κ2) is 24.9. The van der Waals surface area contributed by atoms with E-state index in [1.165, 1.54) is 52.0 Å².